The summed E-state index contributed by atoms with van der Waals surface area (Å²) in [5.74, 6) is 0.865. The molecule has 1 aromatic carbocycles. The minimum atomic E-state index is 0.542. The number of nitrogens with zero attached hydrogens (tertiary/aromatic N) is 4. The number of aliphatic imine (C=N–C) groups is 1. The Morgan fingerprint density at radius 3 is 2.60 bits per heavy atom. The van der Waals surface area contributed by atoms with Gasteiger partial charge >= 0.3 is 0 Å². The highest BCUT2D eigenvalue weighted by atomic mass is 32.2. The monoisotopic (exact) mass is 348 g/mol. The lowest BCUT2D eigenvalue weighted by molar-refractivity contribution is 0.589. The van der Waals surface area contributed by atoms with Crippen LogP contribution in [0.5, 0.6) is 0 Å². The zero-order chi connectivity index (χ0) is 18.0. The Hall–Kier alpha value is -2.58. The lowest BCUT2D eigenvalue weighted by Crippen LogP contribution is -2.23. The van der Waals surface area contributed by atoms with Crippen molar-refractivity contribution in [1.82, 2.24) is 9.88 Å². The average molecular weight is 348 g/mol. The Labute approximate surface area is 152 Å². The first-order valence-electron chi connectivity index (χ1n) is 8.18. The molecule has 0 saturated carbocycles. The lowest BCUT2D eigenvalue weighted by atomic mass is 10.0. The Balaban J connectivity index is 1.99. The molecular weight excluding hydrogens is 328 g/mol. The normalized spacial score (nSPS) is 12.9. The second-order valence-electron chi connectivity index (χ2n) is 5.95. The van der Waals surface area contributed by atoms with Crippen molar-refractivity contribution in [3.05, 3.63) is 58.8 Å². The van der Waals surface area contributed by atoms with E-state index in [2.05, 4.69) is 53.8 Å². The van der Waals surface area contributed by atoms with Gasteiger partial charge in [-0.1, -0.05) is 43.3 Å². The maximum Gasteiger partial charge on any atom is 0.116 e. The molecule has 1 aliphatic heterocycles. The van der Waals surface area contributed by atoms with E-state index in [1.165, 1.54) is 11.1 Å². The minimum absolute atomic E-state index is 0.542. The fourth-order valence-electron chi connectivity index (χ4n) is 2.85. The quantitative estimate of drug-likeness (QED) is 0.743. The summed E-state index contributed by atoms with van der Waals surface area (Å²) in [6.45, 7) is 11.0. The smallest absolute Gasteiger partial charge is 0.116 e. The zero-order valence-corrected chi connectivity index (χ0v) is 15.5. The molecule has 5 heteroatoms. The maximum absolute atomic E-state index is 9.58. The highest BCUT2D eigenvalue weighted by molar-refractivity contribution is 7.99. The van der Waals surface area contributed by atoms with E-state index in [9.17, 15) is 5.26 Å². The largest absolute Gasteiger partial charge is 0.328 e. The van der Waals surface area contributed by atoms with Gasteiger partial charge in [-0.05, 0) is 25.2 Å². The molecule has 0 atom stereocenters. The Morgan fingerprint density at radius 1 is 1.24 bits per heavy atom. The van der Waals surface area contributed by atoms with Crippen LogP contribution in [0.15, 0.2) is 40.9 Å². The molecule has 126 valence electrons. The van der Waals surface area contributed by atoms with E-state index in [0.29, 0.717) is 17.8 Å². The number of nitriles is 1. The summed E-state index contributed by atoms with van der Waals surface area (Å²) in [4.78, 5) is 11.2. The Bertz CT molecular complexity index is 891. The van der Waals surface area contributed by atoms with Crippen LogP contribution < -0.4 is 0 Å². The molecule has 3 rings (SSSR count). The van der Waals surface area contributed by atoms with Gasteiger partial charge in [0.1, 0.15) is 16.7 Å². The topological polar surface area (TPSA) is 52.3 Å². The second-order valence-corrected chi connectivity index (χ2v) is 7.20. The number of thioether (sulfide) groups is 1. The van der Waals surface area contributed by atoms with Crippen LogP contribution in [0.4, 0.5) is 5.69 Å². The van der Waals surface area contributed by atoms with Crippen molar-refractivity contribution in [2.24, 2.45) is 4.99 Å². The second kappa shape index (κ2) is 7.12. The summed E-state index contributed by atoms with van der Waals surface area (Å²) >= 11 is 1.57. The molecule has 0 amide bonds. The predicted molar refractivity (Wildman–Crippen MR) is 104 cm³/mol. The van der Waals surface area contributed by atoms with E-state index in [-0.39, 0.29) is 0 Å². The number of aryl methyl sites for hydroxylation is 2. The van der Waals surface area contributed by atoms with Crippen LogP contribution in [-0.4, -0.2) is 22.0 Å². The van der Waals surface area contributed by atoms with Crippen LogP contribution in [0.3, 0.4) is 0 Å². The molecule has 2 heterocycles. The summed E-state index contributed by atoms with van der Waals surface area (Å²) in [6, 6.07) is 10.7. The molecule has 1 aliphatic rings. The molecule has 25 heavy (non-hydrogen) atoms. The molecule has 0 N–H and O–H groups in total. The summed E-state index contributed by atoms with van der Waals surface area (Å²) in [7, 11) is 0. The van der Waals surface area contributed by atoms with Crippen LogP contribution >= 0.6 is 11.8 Å². The standard InChI is InChI=1S/C20H20N4S/c1-5-25-20-17(10-21)19-18(14(3)23-20)15(4)24(12-22-19)11-16-8-6-13(2)7-9-16/h6-9,12H,4-5,11H2,1-3H3. The van der Waals surface area contributed by atoms with Gasteiger partial charge in [-0.15, -0.1) is 11.8 Å². The molecule has 0 saturated heterocycles. The predicted octanol–water partition coefficient (Wildman–Crippen LogP) is 4.83. The molecular formula is C20H20N4S. The number of benzene rings is 1. The average Bonchev–Trinajstić information content (AvgIpc) is 2.59. The van der Waals surface area contributed by atoms with E-state index >= 15 is 0 Å². The first-order valence-corrected chi connectivity index (χ1v) is 9.16. The number of hydrogen-bond acceptors (Lipinski definition) is 5. The number of pyridine rings is 1. The van der Waals surface area contributed by atoms with Gasteiger partial charge in [0, 0.05) is 17.8 Å². The Morgan fingerprint density at radius 2 is 1.96 bits per heavy atom. The zero-order valence-electron chi connectivity index (χ0n) is 14.7. The molecule has 0 spiro atoms. The van der Waals surface area contributed by atoms with Crippen molar-refractivity contribution >= 4 is 29.5 Å². The van der Waals surface area contributed by atoms with Gasteiger partial charge in [0.15, 0.2) is 0 Å². The molecule has 0 radical (unpaired) electrons. The maximum atomic E-state index is 9.58. The van der Waals surface area contributed by atoms with Crippen LogP contribution in [0.2, 0.25) is 0 Å². The van der Waals surface area contributed by atoms with Gasteiger partial charge in [0.05, 0.1) is 17.7 Å². The Kier molecular flexibility index (Phi) is 4.91. The van der Waals surface area contributed by atoms with Crippen molar-refractivity contribution in [3.63, 3.8) is 0 Å². The fourth-order valence-corrected chi connectivity index (χ4v) is 3.61. The highest BCUT2D eigenvalue weighted by Crippen LogP contribution is 2.39. The number of hydrogen-bond donors (Lipinski definition) is 0. The molecule has 0 fully saturated rings. The first kappa shape index (κ1) is 17.2. The summed E-state index contributed by atoms with van der Waals surface area (Å²) in [5, 5.41) is 10.3. The third kappa shape index (κ3) is 3.31. The van der Waals surface area contributed by atoms with Gasteiger partial charge in [0.2, 0.25) is 0 Å². The summed E-state index contributed by atoms with van der Waals surface area (Å²) < 4.78 is 0. The van der Waals surface area contributed by atoms with E-state index in [1.54, 1.807) is 18.1 Å². The molecule has 4 nitrogen and oxygen atoms in total. The van der Waals surface area contributed by atoms with Gasteiger partial charge in [-0.3, -0.25) is 0 Å². The molecule has 2 aromatic rings. The third-order valence-corrected chi connectivity index (χ3v) is 5.00. The summed E-state index contributed by atoms with van der Waals surface area (Å²) in [5.41, 5.74) is 6.22. The van der Waals surface area contributed by atoms with E-state index in [4.69, 9.17) is 0 Å². The van der Waals surface area contributed by atoms with Crippen molar-refractivity contribution < 1.29 is 0 Å². The SMILES string of the molecule is C=C1c2c(C)nc(SCC)c(C#N)c2N=CN1Cc1ccc(C)cc1. The molecule has 0 aliphatic carbocycles. The van der Waals surface area contributed by atoms with Crippen molar-refractivity contribution in [3.8, 4) is 6.07 Å². The van der Waals surface area contributed by atoms with Crippen LogP contribution in [0.1, 0.15) is 34.9 Å². The van der Waals surface area contributed by atoms with Crippen LogP contribution in [-0.2, 0) is 6.54 Å². The van der Waals surface area contributed by atoms with Crippen molar-refractivity contribution in [1.29, 1.82) is 5.26 Å². The number of aromatic nitrogens is 1. The van der Waals surface area contributed by atoms with Gasteiger partial charge in [0.25, 0.3) is 0 Å². The lowest BCUT2D eigenvalue weighted by Gasteiger charge is -2.28. The fraction of sp³-hybridized carbons (Fsp3) is 0.250. The van der Waals surface area contributed by atoms with Crippen LogP contribution in [0.25, 0.3) is 5.70 Å². The van der Waals surface area contributed by atoms with Gasteiger partial charge < -0.3 is 4.90 Å². The summed E-state index contributed by atoms with van der Waals surface area (Å²) in [6.07, 6.45) is 1.77. The van der Waals surface area contributed by atoms with Crippen molar-refractivity contribution in [2.75, 3.05) is 5.75 Å². The minimum Gasteiger partial charge on any atom is -0.328 e. The molecule has 0 bridgehead atoms. The van der Waals surface area contributed by atoms with Crippen molar-refractivity contribution in [2.45, 2.75) is 32.3 Å². The van der Waals surface area contributed by atoms with E-state index in [0.717, 1.165) is 27.7 Å². The molecule has 0 unspecified atom stereocenters. The van der Waals surface area contributed by atoms with E-state index in [1.807, 2.05) is 18.7 Å². The number of rotatable bonds is 4. The highest BCUT2D eigenvalue weighted by Gasteiger charge is 2.25. The molecule has 1 aromatic heterocycles. The number of fused-ring (bicyclic) bond motifs is 1. The third-order valence-electron chi connectivity index (χ3n) is 4.15. The van der Waals surface area contributed by atoms with Gasteiger partial charge in [-0.25, -0.2) is 9.98 Å². The first-order chi connectivity index (χ1) is 12.0. The van der Waals surface area contributed by atoms with Gasteiger partial charge in [-0.2, -0.15) is 5.26 Å². The van der Waals surface area contributed by atoms with E-state index < -0.39 is 0 Å². The van der Waals surface area contributed by atoms with Crippen LogP contribution in [0, 0.1) is 25.2 Å².